The molecule has 28 nitrogen and oxygen atoms in total. The first-order chi connectivity index (χ1) is 34.7. The molecular formula is C44H48N12Na4O16S4. The molecule has 0 amide bonds. The van der Waals surface area contributed by atoms with Gasteiger partial charge in [0.25, 0.3) is 0 Å². The van der Waals surface area contributed by atoms with Gasteiger partial charge in [0.1, 0.15) is 63.4 Å². The van der Waals surface area contributed by atoms with Crippen LogP contribution in [0.15, 0.2) is 105 Å². The third-order valence-electron chi connectivity index (χ3n) is 10.2. The molecule has 36 heteroatoms. The third-order valence-corrected chi connectivity index (χ3v) is 13.6. The molecule has 0 aliphatic heterocycles. The number of benzene rings is 4. The quantitative estimate of drug-likeness (QED) is 0.0152. The predicted molar refractivity (Wildman–Crippen MR) is 269 cm³/mol. The predicted octanol–water partition coefficient (Wildman–Crippen LogP) is -8.64. The van der Waals surface area contributed by atoms with Gasteiger partial charge < -0.3 is 59.9 Å². The molecule has 0 aliphatic rings. The molecule has 0 spiro atoms. The number of hydrogen-bond acceptors (Lipinski definition) is 28. The molecule has 80 heavy (non-hydrogen) atoms. The van der Waals surface area contributed by atoms with E-state index in [4.69, 9.17) is 0 Å². The van der Waals surface area contributed by atoms with Crippen molar-refractivity contribution in [2.75, 3.05) is 31.1 Å². The number of rotatable bonds is 20. The molecule has 0 atom stereocenters. The van der Waals surface area contributed by atoms with Crippen LogP contribution in [0.4, 0.5) is 58.4 Å². The van der Waals surface area contributed by atoms with Gasteiger partial charge in [-0.15, -0.1) is 0 Å². The van der Waals surface area contributed by atoms with Crippen molar-refractivity contribution in [3.63, 3.8) is 0 Å². The average Bonchev–Trinajstić information content (AvgIpc) is 3.23. The fourth-order valence-electron chi connectivity index (χ4n) is 7.51. The van der Waals surface area contributed by atoms with Crippen LogP contribution in [0.1, 0.15) is 66.5 Å². The summed E-state index contributed by atoms with van der Waals surface area (Å²) in [4.78, 5) is 24.8. The second-order valence-corrected chi connectivity index (χ2v) is 23.9. The standard InChI is InChI=1S/C44H52N12O16S4.4Na/c1-41(2,57)55(42(3,4)58)39-51-35(45-27-15-19-31(20-16-27)73(61,62)63)49-37(53-39)47-29-13-11-25(33(23-29)75(67,68)69)9-10-26-12-14-30(24-34(26)76(70,71)72)48-38-50-36(46-28-17-21-32(22-18-28)74(64,65)66)52-40(54-38)56(43(5,6)59)44(7,8)60;;;;/h9-24,57-60H,1-8H3,(H,61,62,63)(H,64,65,66)(H,67,68,69)(H,70,71,72)(H2,45,47,49,51,53)(H2,46,48,50,52,54);;;;/q;4*+1/p-4. The van der Waals surface area contributed by atoms with E-state index in [0.29, 0.717) is 0 Å². The van der Waals surface area contributed by atoms with Gasteiger partial charge in [0.2, 0.25) is 35.7 Å². The minimum Gasteiger partial charge on any atom is -0.744 e. The maximum absolute atomic E-state index is 12.7. The second kappa shape index (κ2) is 27.3. The minimum absolute atomic E-state index is 0. The molecule has 2 heterocycles. The van der Waals surface area contributed by atoms with Crippen LogP contribution in [0, 0.1) is 0 Å². The molecule has 0 saturated heterocycles. The Bertz CT molecular complexity index is 3410. The van der Waals surface area contributed by atoms with E-state index in [9.17, 15) is 72.3 Å². The first-order valence-corrected chi connectivity index (χ1v) is 27.4. The van der Waals surface area contributed by atoms with Gasteiger partial charge in [0, 0.05) is 22.7 Å². The monoisotopic (exact) mass is 1220 g/mol. The summed E-state index contributed by atoms with van der Waals surface area (Å²) in [5.74, 6) is -2.00. The Morgan fingerprint density at radius 1 is 0.388 bits per heavy atom. The van der Waals surface area contributed by atoms with Crippen molar-refractivity contribution in [1.29, 1.82) is 0 Å². The number of nitrogens with zero attached hydrogens (tertiary/aromatic N) is 8. The van der Waals surface area contributed by atoms with Gasteiger partial charge >= 0.3 is 118 Å². The van der Waals surface area contributed by atoms with Gasteiger partial charge in [-0.25, -0.2) is 33.7 Å². The Kier molecular flexibility index (Phi) is 24.9. The van der Waals surface area contributed by atoms with Gasteiger partial charge in [0.15, 0.2) is 0 Å². The molecule has 0 saturated carbocycles. The summed E-state index contributed by atoms with van der Waals surface area (Å²) in [7, 11) is -20.3. The smallest absolute Gasteiger partial charge is 0.744 e. The van der Waals surface area contributed by atoms with Gasteiger partial charge in [-0.3, -0.25) is 9.80 Å². The van der Waals surface area contributed by atoms with E-state index in [1.54, 1.807) is 0 Å². The first-order valence-electron chi connectivity index (χ1n) is 21.8. The Morgan fingerprint density at radius 2 is 0.625 bits per heavy atom. The van der Waals surface area contributed by atoms with E-state index in [2.05, 4.69) is 51.2 Å². The number of aromatic nitrogens is 6. The summed E-state index contributed by atoms with van der Waals surface area (Å²) < 4.78 is 145. The topological polar surface area (TPSA) is 442 Å². The van der Waals surface area contributed by atoms with Crippen molar-refractivity contribution >= 4 is 111 Å². The number of aliphatic hydroxyl groups is 4. The number of anilines is 10. The van der Waals surface area contributed by atoms with Gasteiger partial charge in [-0.2, -0.15) is 29.9 Å². The van der Waals surface area contributed by atoms with Crippen molar-refractivity contribution in [3.05, 3.63) is 96.1 Å². The van der Waals surface area contributed by atoms with Crippen molar-refractivity contribution in [2.24, 2.45) is 0 Å². The van der Waals surface area contributed by atoms with E-state index in [0.717, 1.165) is 70.5 Å². The van der Waals surface area contributed by atoms with Gasteiger partial charge in [0.05, 0.1) is 19.6 Å². The summed E-state index contributed by atoms with van der Waals surface area (Å²) in [6.07, 6.45) is 2.08. The fourth-order valence-corrected chi connectivity index (χ4v) is 9.84. The average molecular weight is 1220 g/mol. The number of nitrogens with one attached hydrogen (secondary N) is 4. The molecule has 6 aromatic rings. The maximum Gasteiger partial charge on any atom is 1.00 e. The molecule has 4 aromatic carbocycles. The fraction of sp³-hybridized carbons (Fsp3) is 0.273. The molecule has 408 valence electrons. The molecule has 0 aliphatic carbocycles. The normalized spacial score (nSPS) is 12.4. The van der Waals surface area contributed by atoms with Crippen molar-refractivity contribution < 1.29 is 191 Å². The molecule has 6 rings (SSSR count). The van der Waals surface area contributed by atoms with Crippen molar-refractivity contribution in [1.82, 2.24) is 29.9 Å². The molecular weight excluding hydrogens is 1170 g/mol. The van der Waals surface area contributed by atoms with E-state index in [1.807, 2.05) is 0 Å². The summed E-state index contributed by atoms with van der Waals surface area (Å²) in [6.45, 7) is 10.5. The van der Waals surface area contributed by atoms with Crippen LogP contribution in [0.2, 0.25) is 0 Å². The van der Waals surface area contributed by atoms with E-state index in [-0.39, 0.29) is 188 Å². The number of hydrogen-bond donors (Lipinski definition) is 8. The third kappa shape index (κ3) is 19.8. The summed E-state index contributed by atoms with van der Waals surface area (Å²) >= 11 is 0. The second-order valence-electron chi connectivity index (χ2n) is 18.4. The SMILES string of the molecule is CC(C)(O)N(c1nc(Nc2ccc(S(=O)(=O)[O-])cc2)nc(Nc2ccc(C=Cc3ccc(Nc4nc(Nc5ccc(S(=O)(=O)[O-])cc5)nc(N(C(C)(C)O)C(C)(C)O)n4)cc3S(=O)(=O)[O-])c(S(=O)(=O)[O-])c2)n1)C(C)(C)O.[Na+].[Na+].[Na+].[Na+]. The van der Waals surface area contributed by atoms with Crippen molar-refractivity contribution in [3.8, 4) is 0 Å². The van der Waals surface area contributed by atoms with Crippen LogP contribution >= 0.6 is 0 Å². The zero-order valence-electron chi connectivity index (χ0n) is 45.1. The van der Waals surface area contributed by atoms with Crippen LogP contribution in [0.5, 0.6) is 0 Å². The molecule has 0 bridgehead atoms. The van der Waals surface area contributed by atoms with E-state index < -0.39 is 83.0 Å². The molecule has 0 fully saturated rings. The van der Waals surface area contributed by atoms with Crippen LogP contribution < -0.4 is 149 Å². The van der Waals surface area contributed by atoms with Crippen LogP contribution in [0.25, 0.3) is 12.2 Å². The molecule has 0 radical (unpaired) electrons. The zero-order valence-corrected chi connectivity index (χ0v) is 56.4. The first kappa shape index (κ1) is 73.0. The van der Waals surface area contributed by atoms with Gasteiger partial charge in [-0.05, 0) is 139 Å². The maximum atomic E-state index is 12.7. The molecule has 8 N–H and O–H groups in total. The summed E-state index contributed by atoms with van der Waals surface area (Å²) in [5.41, 5.74) is -7.88. The van der Waals surface area contributed by atoms with Crippen LogP contribution in [-0.2, 0) is 40.5 Å². The van der Waals surface area contributed by atoms with E-state index in [1.165, 1.54) is 91.8 Å². The van der Waals surface area contributed by atoms with E-state index >= 15 is 0 Å². The van der Waals surface area contributed by atoms with Crippen LogP contribution in [0.3, 0.4) is 0 Å². The van der Waals surface area contributed by atoms with Crippen LogP contribution in [-0.4, -0.2) is 125 Å². The minimum atomic E-state index is -5.35. The largest absolute Gasteiger partial charge is 1.00 e. The molecule has 0 unspecified atom stereocenters. The Balaban J connectivity index is 0.00000547. The summed E-state index contributed by atoms with van der Waals surface area (Å²) in [5, 5.41) is 55.2. The Morgan fingerprint density at radius 3 is 0.850 bits per heavy atom. The molecule has 2 aromatic heterocycles. The Hall–Kier alpha value is -3.08. The van der Waals surface area contributed by atoms with Crippen molar-refractivity contribution in [2.45, 2.75) is 97.9 Å². The summed E-state index contributed by atoms with van der Waals surface area (Å²) in [6, 6.07) is 15.6. The zero-order chi connectivity index (χ0) is 56.8. The van der Waals surface area contributed by atoms with Gasteiger partial charge in [-0.1, -0.05) is 24.3 Å². The Labute approximate surface area is 550 Å².